The molecule has 1 aromatic carbocycles. The third-order valence-corrected chi connectivity index (χ3v) is 2.72. The number of carbonyl (C=O) groups is 1. The van der Waals surface area contributed by atoms with Crippen molar-refractivity contribution in [2.45, 2.75) is 13.0 Å². The quantitative estimate of drug-likeness (QED) is 0.776. The van der Waals surface area contributed by atoms with E-state index in [1.807, 2.05) is 30.3 Å². The molecule has 1 saturated heterocycles. The number of hydrogen-bond donors (Lipinski definition) is 0. The minimum Gasteiger partial charge on any atom is -0.486 e. The van der Waals surface area contributed by atoms with Gasteiger partial charge in [-0.3, -0.25) is 4.79 Å². The van der Waals surface area contributed by atoms with Crippen LogP contribution in [-0.2, 0) is 9.53 Å². The molecule has 0 radical (unpaired) electrons. The average molecular weight is 235 g/mol. The molecule has 1 fully saturated rings. The highest BCUT2D eigenvalue weighted by atomic mass is 16.5. The molecule has 0 aliphatic carbocycles. The van der Waals surface area contributed by atoms with Crippen LogP contribution in [0.3, 0.4) is 0 Å². The number of ether oxygens (including phenoxy) is 2. The first-order valence-corrected chi connectivity index (χ1v) is 5.80. The fraction of sp³-hybridized carbons (Fsp3) is 0.462. The van der Waals surface area contributed by atoms with E-state index in [1.165, 1.54) is 0 Å². The smallest absolute Gasteiger partial charge is 0.219 e. The van der Waals surface area contributed by atoms with Gasteiger partial charge in [0.15, 0.2) is 0 Å². The van der Waals surface area contributed by atoms with Crippen molar-refractivity contribution in [2.24, 2.45) is 0 Å². The van der Waals surface area contributed by atoms with Gasteiger partial charge in [-0.15, -0.1) is 0 Å². The molecule has 0 spiro atoms. The molecule has 17 heavy (non-hydrogen) atoms. The summed E-state index contributed by atoms with van der Waals surface area (Å²) in [6, 6.07) is 9.61. The highest BCUT2D eigenvalue weighted by Crippen LogP contribution is 2.13. The summed E-state index contributed by atoms with van der Waals surface area (Å²) in [5.74, 6) is 0.878. The minimum atomic E-state index is -0.0937. The van der Waals surface area contributed by atoms with Gasteiger partial charge in [0.1, 0.15) is 11.9 Å². The van der Waals surface area contributed by atoms with Crippen LogP contribution in [0.1, 0.15) is 6.92 Å². The molecule has 1 atom stereocenters. The number of benzene rings is 1. The molecule has 1 aliphatic heterocycles. The van der Waals surface area contributed by atoms with Gasteiger partial charge in [0.05, 0.1) is 19.8 Å². The Kier molecular flexibility index (Phi) is 3.98. The lowest BCUT2D eigenvalue weighted by Crippen LogP contribution is -2.38. The summed E-state index contributed by atoms with van der Waals surface area (Å²) in [6.07, 6.45) is -0.0937. The zero-order valence-corrected chi connectivity index (χ0v) is 9.96. The van der Waals surface area contributed by atoms with Gasteiger partial charge in [-0.1, -0.05) is 18.2 Å². The summed E-state index contributed by atoms with van der Waals surface area (Å²) in [4.78, 5) is 13.1. The topological polar surface area (TPSA) is 38.8 Å². The summed E-state index contributed by atoms with van der Waals surface area (Å²) in [5, 5.41) is 0. The zero-order chi connectivity index (χ0) is 12.1. The maximum Gasteiger partial charge on any atom is 0.219 e. The van der Waals surface area contributed by atoms with Gasteiger partial charge >= 0.3 is 0 Å². The van der Waals surface area contributed by atoms with E-state index in [0.29, 0.717) is 26.3 Å². The molecule has 1 unspecified atom stereocenters. The second-order valence-electron chi connectivity index (χ2n) is 4.09. The molecule has 4 heteroatoms. The lowest BCUT2D eigenvalue weighted by Gasteiger charge is -2.22. The second-order valence-corrected chi connectivity index (χ2v) is 4.09. The Morgan fingerprint density at radius 1 is 1.41 bits per heavy atom. The van der Waals surface area contributed by atoms with E-state index in [1.54, 1.807) is 11.8 Å². The summed E-state index contributed by atoms with van der Waals surface area (Å²) in [6.45, 7) is 3.91. The molecule has 0 bridgehead atoms. The van der Waals surface area contributed by atoms with Gasteiger partial charge in [-0.2, -0.15) is 0 Å². The van der Waals surface area contributed by atoms with Gasteiger partial charge in [0, 0.05) is 13.5 Å². The SMILES string of the molecule is CC(=O)N1CCOCC(Oc2ccccc2)C1. The van der Waals surface area contributed by atoms with Crippen LogP contribution in [0, 0.1) is 0 Å². The molecule has 1 heterocycles. The largest absolute Gasteiger partial charge is 0.486 e. The van der Waals surface area contributed by atoms with E-state index in [2.05, 4.69) is 0 Å². The van der Waals surface area contributed by atoms with Crippen LogP contribution in [0.2, 0.25) is 0 Å². The molecule has 0 aromatic heterocycles. The van der Waals surface area contributed by atoms with Gasteiger partial charge < -0.3 is 14.4 Å². The summed E-state index contributed by atoms with van der Waals surface area (Å²) < 4.78 is 11.2. The first-order valence-electron chi connectivity index (χ1n) is 5.80. The maximum absolute atomic E-state index is 11.4. The van der Waals surface area contributed by atoms with Crippen LogP contribution in [-0.4, -0.2) is 43.2 Å². The number of para-hydroxylation sites is 1. The fourth-order valence-electron chi connectivity index (χ4n) is 1.83. The Bertz CT molecular complexity index is 366. The van der Waals surface area contributed by atoms with Gasteiger partial charge in [-0.05, 0) is 12.1 Å². The molecule has 1 aromatic rings. The maximum atomic E-state index is 11.4. The van der Waals surface area contributed by atoms with Crippen molar-refractivity contribution in [2.75, 3.05) is 26.3 Å². The number of rotatable bonds is 2. The lowest BCUT2D eigenvalue weighted by atomic mass is 10.3. The van der Waals surface area contributed by atoms with Gasteiger partial charge in [0.25, 0.3) is 0 Å². The molecular weight excluding hydrogens is 218 g/mol. The van der Waals surface area contributed by atoms with Crippen LogP contribution in [0.5, 0.6) is 5.75 Å². The van der Waals surface area contributed by atoms with Crippen LogP contribution in [0.4, 0.5) is 0 Å². The molecule has 4 nitrogen and oxygen atoms in total. The monoisotopic (exact) mass is 235 g/mol. The normalized spacial score (nSPS) is 20.8. The van der Waals surface area contributed by atoms with Crippen molar-refractivity contribution in [1.29, 1.82) is 0 Å². The molecule has 0 N–H and O–H groups in total. The molecule has 1 amide bonds. The Labute approximate surface area is 101 Å². The van der Waals surface area contributed by atoms with Crippen LogP contribution in [0.25, 0.3) is 0 Å². The minimum absolute atomic E-state index is 0.0668. The standard InChI is InChI=1S/C13H17NO3/c1-11(15)14-7-8-16-10-13(9-14)17-12-5-3-2-4-6-12/h2-6,13H,7-10H2,1H3. The van der Waals surface area contributed by atoms with Crippen LogP contribution >= 0.6 is 0 Å². The number of nitrogens with zero attached hydrogens (tertiary/aromatic N) is 1. The van der Waals surface area contributed by atoms with E-state index >= 15 is 0 Å². The summed E-state index contributed by atoms with van der Waals surface area (Å²) in [7, 11) is 0. The van der Waals surface area contributed by atoms with Crippen molar-refractivity contribution in [3.63, 3.8) is 0 Å². The molecule has 92 valence electrons. The van der Waals surface area contributed by atoms with E-state index in [9.17, 15) is 4.79 Å². The second kappa shape index (κ2) is 5.68. The van der Waals surface area contributed by atoms with Crippen molar-refractivity contribution < 1.29 is 14.3 Å². The summed E-state index contributed by atoms with van der Waals surface area (Å²) >= 11 is 0. The first-order chi connectivity index (χ1) is 8.25. The Morgan fingerprint density at radius 2 is 2.18 bits per heavy atom. The van der Waals surface area contributed by atoms with E-state index < -0.39 is 0 Å². The van der Waals surface area contributed by atoms with E-state index in [0.717, 1.165) is 5.75 Å². The highest BCUT2D eigenvalue weighted by Gasteiger charge is 2.21. The van der Waals surface area contributed by atoms with Crippen molar-refractivity contribution in [3.05, 3.63) is 30.3 Å². The Morgan fingerprint density at radius 3 is 2.88 bits per heavy atom. The van der Waals surface area contributed by atoms with Crippen LogP contribution < -0.4 is 4.74 Å². The number of carbonyl (C=O) groups excluding carboxylic acids is 1. The number of amides is 1. The molecular formula is C13H17NO3. The fourth-order valence-corrected chi connectivity index (χ4v) is 1.83. The first kappa shape index (κ1) is 11.9. The molecule has 2 rings (SSSR count). The predicted molar refractivity (Wildman–Crippen MR) is 63.9 cm³/mol. The van der Waals surface area contributed by atoms with Gasteiger partial charge in [0.2, 0.25) is 5.91 Å². The Balaban J connectivity index is 1.97. The van der Waals surface area contributed by atoms with Crippen LogP contribution in [0.15, 0.2) is 30.3 Å². The molecule has 0 saturated carbocycles. The third kappa shape index (κ3) is 3.46. The zero-order valence-electron chi connectivity index (χ0n) is 9.96. The van der Waals surface area contributed by atoms with Crippen molar-refractivity contribution >= 4 is 5.91 Å². The van der Waals surface area contributed by atoms with E-state index in [-0.39, 0.29) is 12.0 Å². The van der Waals surface area contributed by atoms with Gasteiger partial charge in [-0.25, -0.2) is 0 Å². The summed E-state index contributed by atoms with van der Waals surface area (Å²) in [5.41, 5.74) is 0. The predicted octanol–water partition coefficient (Wildman–Crippen LogP) is 1.31. The average Bonchev–Trinajstić information content (AvgIpc) is 2.56. The van der Waals surface area contributed by atoms with Crippen molar-refractivity contribution in [1.82, 2.24) is 4.90 Å². The van der Waals surface area contributed by atoms with E-state index in [4.69, 9.17) is 9.47 Å². The third-order valence-electron chi connectivity index (χ3n) is 2.72. The van der Waals surface area contributed by atoms with Crippen molar-refractivity contribution in [3.8, 4) is 5.75 Å². The lowest BCUT2D eigenvalue weighted by molar-refractivity contribution is -0.129. The number of hydrogen-bond acceptors (Lipinski definition) is 3. The highest BCUT2D eigenvalue weighted by molar-refractivity contribution is 5.73. The molecule has 1 aliphatic rings. The Hall–Kier alpha value is -1.55.